The van der Waals surface area contributed by atoms with Gasteiger partial charge >= 0.3 is 27.6 Å². The van der Waals surface area contributed by atoms with Gasteiger partial charge in [-0.3, -0.25) is 32.5 Å². The first kappa shape index (κ1) is 44.8. The SMILES string of the molecule is CC(=O)N[C@H](COCC[C@@H](C)OC(C)=O)COP(=O)(O)OCCNC(=O)NCCOP(=O)(O)OC[C@H](COCC[C@@H](C)O)NC(C)=O. The summed E-state index contributed by atoms with van der Waals surface area (Å²) in [7, 11) is -9.12. The summed E-state index contributed by atoms with van der Waals surface area (Å²) < 4.78 is 59.4. The molecule has 0 aliphatic rings. The van der Waals surface area contributed by atoms with Gasteiger partial charge in [0.15, 0.2) is 0 Å². The molecule has 4 amide bonds. The predicted octanol–water partition coefficient (Wildman–Crippen LogP) is -0.292. The molecular weight excluding hydrogens is 674 g/mol. The van der Waals surface area contributed by atoms with Gasteiger partial charge in [0, 0.05) is 46.9 Å². The number of phosphoric acid groups is 2. The first-order chi connectivity index (χ1) is 21.9. The maximum absolute atomic E-state index is 12.2. The fourth-order valence-electron chi connectivity index (χ4n) is 3.29. The van der Waals surface area contributed by atoms with Gasteiger partial charge in [-0.25, -0.2) is 13.9 Å². The summed E-state index contributed by atoms with van der Waals surface area (Å²) in [5.74, 6) is -1.27. The van der Waals surface area contributed by atoms with Gasteiger partial charge in [-0.05, 0) is 20.3 Å². The second-order valence-electron chi connectivity index (χ2n) is 10.2. The number of carbonyl (C=O) groups excluding carboxylic acids is 4. The minimum atomic E-state index is -4.57. The number of rotatable bonds is 27. The molecule has 0 rings (SSSR count). The lowest BCUT2D eigenvalue weighted by Gasteiger charge is -2.20. The molecule has 0 aromatic carbocycles. The molecule has 0 bridgehead atoms. The van der Waals surface area contributed by atoms with Crippen LogP contribution in [0.25, 0.3) is 0 Å². The summed E-state index contributed by atoms with van der Waals surface area (Å²) in [5.41, 5.74) is 0. The molecule has 0 aromatic rings. The van der Waals surface area contributed by atoms with E-state index < -0.39 is 84.1 Å². The Morgan fingerprint density at radius 2 is 1.09 bits per heavy atom. The van der Waals surface area contributed by atoms with E-state index in [1.807, 2.05) is 0 Å². The summed E-state index contributed by atoms with van der Waals surface area (Å²) in [6.07, 6.45) is -0.196. The molecule has 0 aromatic heterocycles. The van der Waals surface area contributed by atoms with E-state index in [0.29, 0.717) is 12.8 Å². The molecular formula is C25H50N4O16P2. The van der Waals surface area contributed by atoms with E-state index in [1.165, 1.54) is 20.8 Å². The van der Waals surface area contributed by atoms with Gasteiger partial charge in [0.25, 0.3) is 0 Å². The van der Waals surface area contributed by atoms with E-state index in [0.717, 1.165) is 0 Å². The molecule has 0 saturated carbocycles. The van der Waals surface area contributed by atoms with E-state index in [-0.39, 0.29) is 45.6 Å². The smallest absolute Gasteiger partial charge is 0.463 e. The van der Waals surface area contributed by atoms with Crippen LogP contribution in [0.5, 0.6) is 0 Å². The summed E-state index contributed by atoms with van der Waals surface area (Å²) in [5, 5.41) is 18.9. The quantitative estimate of drug-likeness (QED) is 0.0326. The van der Waals surface area contributed by atoms with Gasteiger partial charge in [0.1, 0.15) is 6.10 Å². The van der Waals surface area contributed by atoms with Gasteiger partial charge < -0.3 is 50.4 Å². The van der Waals surface area contributed by atoms with Crippen molar-refractivity contribution in [1.82, 2.24) is 21.3 Å². The second kappa shape index (κ2) is 24.9. The summed E-state index contributed by atoms with van der Waals surface area (Å²) in [6, 6.07) is -2.29. The number of nitrogens with one attached hydrogen (secondary N) is 4. The maximum atomic E-state index is 12.2. The molecule has 0 spiro atoms. The van der Waals surface area contributed by atoms with Gasteiger partial charge in [-0.2, -0.15) is 0 Å². The minimum Gasteiger partial charge on any atom is -0.463 e. The Balaban J connectivity index is 4.31. The largest absolute Gasteiger partial charge is 0.472 e. The average Bonchev–Trinajstić information content (AvgIpc) is 2.94. The molecule has 0 fully saturated rings. The Hall–Kier alpha value is -2.22. The molecule has 22 heteroatoms. The highest BCUT2D eigenvalue weighted by Gasteiger charge is 2.25. The van der Waals surface area contributed by atoms with Crippen molar-refractivity contribution < 1.29 is 75.5 Å². The molecule has 0 aliphatic carbocycles. The number of carbonyl (C=O) groups is 4. The van der Waals surface area contributed by atoms with Gasteiger partial charge in [0.05, 0.1) is 64.4 Å². The summed E-state index contributed by atoms with van der Waals surface area (Å²) in [6.45, 7) is 5.24. The van der Waals surface area contributed by atoms with Gasteiger partial charge in [-0.1, -0.05) is 0 Å². The molecule has 2 unspecified atom stereocenters. The summed E-state index contributed by atoms with van der Waals surface area (Å²) >= 11 is 0. The number of hydrogen-bond acceptors (Lipinski definition) is 14. The lowest BCUT2D eigenvalue weighted by atomic mass is 10.3. The average molecular weight is 725 g/mol. The highest BCUT2D eigenvalue weighted by Crippen LogP contribution is 2.43. The second-order valence-corrected chi connectivity index (χ2v) is 13.1. The number of phosphoric ester groups is 2. The van der Waals surface area contributed by atoms with Crippen molar-refractivity contribution in [2.75, 3.05) is 65.9 Å². The molecule has 0 saturated heterocycles. The molecule has 47 heavy (non-hydrogen) atoms. The van der Waals surface area contributed by atoms with Gasteiger partial charge in [0.2, 0.25) is 11.8 Å². The van der Waals surface area contributed by atoms with Gasteiger partial charge in [-0.15, -0.1) is 0 Å². The van der Waals surface area contributed by atoms with E-state index in [4.69, 9.17) is 32.3 Å². The number of hydrogen-bond donors (Lipinski definition) is 7. The third-order valence-corrected chi connectivity index (χ3v) is 7.30. The van der Waals surface area contributed by atoms with Crippen LogP contribution in [-0.4, -0.2) is 129 Å². The molecule has 0 heterocycles. The number of esters is 1. The monoisotopic (exact) mass is 724 g/mol. The number of amides is 4. The van der Waals surface area contributed by atoms with Crippen molar-refractivity contribution in [2.24, 2.45) is 0 Å². The molecule has 0 radical (unpaired) electrons. The first-order valence-corrected chi connectivity index (χ1v) is 17.7. The molecule has 6 atom stereocenters. The first-order valence-electron chi connectivity index (χ1n) is 14.7. The van der Waals surface area contributed by atoms with Crippen LogP contribution in [-0.2, 0) is 55.8 Å². The Labute approximate surface area is 274 Å². The van der Waals surface area contributed by atoms with Crippen LogP contribution < -0.4 is 21.3 Å². The lowest BCUT2D eigenvalue weighted by Crippen LogP contribution is -2.40. The standard InChI is InChI=1S/C25H50N4O16P2/c1-18(30)6-10-39-14-23(28-20(3)31)16-43-46(35,36)41-12-8-26-25(34)27-9-13-42-47(37,38)44-17-24(29-21(4)32)15-40-11-7-19(2)45-22(5)33/h18-19,23-24,30H,6-17H2,1-5H3,(H,28,31)(H,29,32)(H,35,36)(H,37,38)(H2,26,27,34)/t18-,19-,23+,24-/m1/s1. The zero-order valence-corrected chi connectivity index (χ0v) is 29.1. The number of ether oxygens (including phenoxy) is 3. The van der Waals surface area contributed by atoms with Crippen molar-refractivity contribution in [1.29, 1.82) is 0 Å². The van der Waals surface area contributed by atoms with Crippen LogP contribution in [0.1, 0.15) is 47.5 Å². The predicted molar refractivity (Wildman–Crippen MR) is 164 cm³/mol. The molecule has 0 aliphatic heterocycles. The van der Waals surface area contributed by atoms with E-state index >= 15 is 0 Å². The Morgan fingerprint density at radius 1 is 0.660 bits per heavy atom. The summed E-state index contributed by atoms with van der Waals surface area (Å²) in [4.78, 5) is 65.4. The highest BCUT2D eigenvalue weighted by molar-refractivity contribution is 7.47. The van der Waals surface area contributed by atoms with Crippen LogP contribution in [0.3, 0.4) is 0 Å². The fraction of sp³-hybridized carbons (Fsp3) is 0.840. The van der Waals surface area contributed by atoms with Crippen LogP contribution in [0.4, 0.5) is 4.79 Å². The Morgan fingerprint density at radius 3 is 1.47 bits per heavy atom. The third-order valence-electron chi connectivity index (χ3n) is 5.33. The normalized spacial score (nSPS) is 16.4. The van der Waals surface area contributed by atoms with Crippen molar-refractivity contribution in [3.63, 3.8) is 0 Å². The number of aliphatic hydroxyl groups excluding tert-OH is 1. The number of aliphatic hydroxyl groups is 1. The Bertz CT molecular complexity index is 1040. The zero-order valence-electron chi connectivity index (χ0n) is 27.3. The third kappa shape index (κ3) is 28.5. The van der Waals surface area contributed by atoms with Crippen LogP contribution in [0.2, 0.25) is 0 Å². The van der Waals surface area contributed by atoms with Crippen molar-refractivity contribution in [3.05, 3.63) is 0 Å². The van der Waals surface area contributed by atoms with E-state index in [9.17, 15) is 43.2 Å². The molecule has 276 valence electrons. The van der Waals surface area contributed by atoms with Crippen molar-refractivity contribution in [2.45, 2.75) is 71.8 Å². The minimum absolute atomic E-state index is 0.0388. The van der Waals surface area contributed by atoms with E-state index in [2.05, 4.69) is 21.3 Å². The van der Waals surface area contributed by atoms with Crippen molar-refractivity contribution in [3.8, 4) is 0 Å². The fourth-order valence-corrected chi connectivity index (χ4v) is 4.82. The van der Waals surface area contributed by atoms with Crippen molar-refractivity contribution >= 4 is 39.5 Å². The van der Waals surface area contributed by atoms with E-state index in [1.54, 1.807) is 13.8 Å². The highest BCUT2D eigenvalue weighted by atomic mass is 31.2. The zero-order chi connectivity index (χ0) is 35.9. The maximum Gasteiger partial charge on any atom is 0.472 e. The number of urea groups is 1. The lowest BCUT2D eigenvalue weighted by molar-refractivity contribution is -0.146. The van der Waals surface area contributed by atoms with Crippen LogP contribution in [0.15, 0.2) is 0 Å². The Kier molecular flexibility index (Phi) is 23.7. The van der Waals surface area contributed by atoms with Crippen LogP contribution >= 0.6 is 15.6 Å². The molecule has 7 N–H and O–H groups in total. The molecule has 20 nitrogen and oxygen atoms in total. The van der Waals surface area contributed by atoms with Crippen LogP contribution in [0, 0.1) is 0 Å². The topological polar surface area (TPSA) is 276 Å².